The molecular formula is C22H27F3N6. The van der Waals surface area contributed by atoms with E-state index in [9.17, 15) is 13.2 Å². The van der Waals surface area contributed by atoms with Crippen LogP contribution in [0.5, 0.6) is 0 Å². The maximum absolute atomic E-state index is 13.5. The van der Waals surface area contributed by atoms with Crippen molar-refractivity contribution in [1.29, 1.82) is 0 Å². The normalized spacial score (nSPS) is 16.3. The summed E-state index contributed by atoms with van der Waals surface area (Å²) in [5, 5.41) is 4.31. The van der Waals surface area contributed by atoms with Crippen LogP contribution in [0.15, 0.2) is 24.5 Å². The number of aryl methyl sites for hydroxylation is 2. The number of alkyl halides is 3. The number of nitrogens with zero attached hydrogens (tertiary/aromatic N) is 6. The summed E-state index contributed by atoms with van der Waals surface area (Å²) in [6.45, 7) is 6.40. The Bertz CT molecular complexity index is 1020. The molecule has 0 aromatic carbocycles. The molecule has 0 atom stereocenters. The van der Waals surface area contributed by atoms with E-state index in [-0.39, 0.29) is 11.6 Å². The molecule has 3 aromatic heterocycles. The van der Waals surface area contributed by atoms with Crippen LogP contribution in [0.2, 0.25) is 0 Å². The van der Waals surface area contributed by atoms with E-state index in [0.29, 0.717) is 17.8 Å². The second-order valence-electron chi connectivity index (χ2n) is 8.13. The summed E-state index contributed by atoms with van der Waals surface area (Å²) >= 11 is 0. The fourth-order valence-electron chi connectivity index (χ4n) is 4.09. The zero-order chi connectivity index (χ0) is 22.0. The highest BCUT2D eigenvalue weighted by atomic mass is 19.4. The van der Waals surface area contributed by atoms with Gasteiger partial charge in [0.25, 0.3) is 0 Å². The van der Waals surface area contributed by atoms with E-state index in [4.69, 9.17) is 0 Å². The van der Waals surface area contributed by atoms with Crippen molar-refractivity contribution in [2.45, 2.75) is 64.6 Å². The molecule has 0 unspecified atom stereocenters. The number of fused-ring (bicyclic) bond motifs is 1. The smallest absolute Gasteiger partial charge is 0.299 e. The first-order chi connectivity index (χ1) is 14.9. The van der Waals surface area contributed by atoms with Crippen LogP contribution in [0.4, 0.5) is 13.2 Å². The third-order valence-electron chi connectivity index (χ3n) is 5.80. The first-order valence-electron chi connectivity index (χ1n) is 10.9. The lowest BCUT2D eigenvalue weighted by atomic mass is 9.93. The van der Waals surface area contributed by atoms with Crippen molar-refractivity contribution in [3.05, 3.63) is 53.0 Å². The Balaban J connectivity index is 1.45. The van der Waals surface area contributed by atoms with Crippen molar-refractivity contribution in [1.82, 2.24) is 29.5 Å². The first kappa shape index (κ1) is 21.7. The first-order valence-corrected chi connectivity index (χ1v) is 10.9. The van der Waals surface area contributed by atoms with Gasteiger partial charge < -0.3 is 0 Å². The van der Waals surface area contributed by atoms with Crippen molar-refractivity contribution in [2.75, 3.05) is 13.1 Å². The molecule has 1 saturated heterocycles. The molecule has 6 nitrogen and oxygen atoms in total. The van der Waals surface area contributed by atoms with Gasteiger partial charge in [-0.2, -0.15) is 18.3 Å². The fraction of sp³-hybridized carbons (Fsp3) is 0.545. The average molecular weight is 432 g/mol. The van der Waals surface area contributed by atoms with Crippen LogP contribution >= 0.6 is 0 Å². The van der Waals surface area contributed by atoms with Gasteiger partial charge in [-0.3, -0.25) is 4.90 Å². The van der Waals surface area contributed by atoms with Crippen molar-refractivity contribution >= 4 is 5.65 Å². The van der Waals surface area contributed by atoms with Crippen LogP contribution in [0, 0.1) is 0 Å². The summed E-state index contributed by atoms with van der Waals surface area (Å²) in [6.07, 6.45) is 3.37. The standard InChI is InChI=1S/C22H27F3N6/c1-3-5-20-26-12-15(13-27-20)14-30-8-6-16(7-9-30)18-11-21-28-17(4-2)10-19(22(23,24)25)31(21)29-18/h10-13,16H,3-9,14H2,1-2H3. The molecule has 1 aliphatic heterocycles. The molecule has 0 bridgehead atoms. The Labute approximate surface area is 179 Å². The molecule has 166 valence electrons. The second kappa shape index (κ2) is 8.90. The minimum absolute atomic E-state index is 0.132. The summed E-state index contributed by atoms with van der Waals surface area (Å²) in [7, 11) is 0. The highest BCUT2D eigenvalue weighted by Gasteiger charge is 2.35. The van der Waals surface area contributed by atoms with Crippen molar-refractivity contribution < 1.29 is 13.2 Å². The largest absolute Gasteiger partial charge is 0.433 e. The summed E-state index contributed by atoms with van der Waals surface area (Å²) in [4.78, 5) is 15.5. The summed E-state index contributed by atoms with van der Waals surface area (Å²) in [5.41, 5.74) is 1.71. The molecule has 0 N–H and O–H groups in total. The summed E-state index contributed by atoms with van der Waals surface area (Å²) in [5.74, 6) is 1.00. The van der Waals surface area contributed by atoms with Gasteiger partial charge >= 0.3 is 6.18 Å². The third kappa shape index (κ3) is 4.87. The van der Waals surface area contributed by atoms with Crippen LogP contribution in [0.1, 0.15) is 67.5 Å². The highest BCUT2D eigenvalue weighted by molar-refractivity contribution is 5.43. The monoisotopic (exact) mass is 432 g/mol. The van der Waals surface area contributed by atoms with Crippen LogP contribution in [0.25, 0.3) is 5.65 Å². The van der Waals surface area contributed by atoms with Gasteiger partial charge in [-0.25, -0.2) is 19.5 Å². The van der Waals surface area contributed by atoms with E-state index in [2.05, 4.69) is 31.9 Å². The number of piperidine rings is 1. The summed E-state index contributed by atoms with van der Waals surface area (Å²) in [6, 6.07) is 2.81. The number of rotatable bonds is 6. The maximum Gasteiger partial charge on any atom is 0.433 e. The molecule has 4 rings (SSSR count). The Morgan fingerprint density at radius 1 is 1.06 bits per heavy atom. The lowest BCUT2D eigenvalue weighted by Crippen LogP contribution is -2.32. The molecule has 0 radical (unpaired) electrons. The minimum Gasteiger partial charge on any atom is -0.299 e. The third-order valence-corrected chi connectivity index (χ3v) is 5.80. The molecule has 0 aliphatic carbocycles. The van der Waals surface area contributed by atoms with Crippen LogP contribution in [-0.4, -0.2) is 42.6 Å². The van der Waals surface area contributed by atoms with Crippen LogP contribution in [-0.2, 0) is 25.6 Å². The zero-order valence-corrected chi connectivity index (χ0v) is 17.9. The highest BCUT2D eigenvalue weighted by Crippen LogP contribution is 2.33. The van der Waals surface area contributed by atoms with E-state index >= 15 is 0 Å². The predicted molar refractivity (Wildman–Crippen MR) is 111 cm³/mol. The van der Waals surface area contributed by atoms with Crippen molar-refractivity contribution in [3.63, 3.8) is 0 Å². The Morgan fingerprint density at radius 2 is 1.77 bits per heavy atom. The molecule has 31 heavy (non-hydrogen) atoms. The quantitative estimate of drug-likeness (QED) is 0.577. The van der Waals surface area contributed by atoms with E-state index in [1.54, 1.807) is 13.0 Å². The Morgan fingerprint density at radius 3 is 2.39 bits per heavy atom. The van der Waals surface area contributed by atoms with Gasteiger partial charge in [0.2, 0.25) is 0 Å². The number of hydrogen-bond donors (Lipinski definition) is 0. The number of hydrogen-bond acceptors (Lipinski definition) is 5. The molecule has 0 spiro atoms. The van der Waals surface area contributed by atoms with Crippen molar-refractivity contribution in [2.24, 2.45) is 0 Å². The number of halogens is 3. The van der Waals surface area contributed by atoms with Crippen LogP contribution in [0.3, 0.4) is 0 Å². The summed E-state index contributed by atoms with van der Waals surface area (Å²) < 4.78 is 41.5. The molecule has 0 amide bonds. The van der Waals surface area contributed by atoms with Gasteiger partial charge in [-0.15, -0.1) is 0 Å². The molecule has 1 aliphatic rings. The predicted octanol–water partition coefficient (Wildman–Crippen LogP) is 4.43. The SMILES string of the molecule is CCCc1ncc(CN2CCC(c3cc4nc(CC)cc(C(F)(F)F)n4n3)CC2)cn1. The van der Waals surface area contributed by atoms with E-state index in [0.717, 1.165) is 67.3 Å². The molecular weight excluding hydrogens is 405 g/mol. The van der Waals surface area contributed by atoms with E-state index in [1.165, 1.54) is 0 Å². The molecule has 9 heteroatoms. The van der Waals surface area contributed by atoms with Crippen molar-refractivity contribution in [3.8, 4) is 0 Å². The zero-order valence-electron chi connectivity index (χ0n) is 17.9. The molecule has 0 saturated carbocycles. The van der Waals surface area contributed by atoms with Gasteiger partial charge in [-0.05, 0) is 44.8 Å². The van der Waals surface area contributed by atoms with Gasteiger partial charge in [0.1, 0.15) is 11.5 Å². The van der Waals surface area contributed by atoms with E-state index < -0.39 is 11.9 Å². The lowest BCUT2D eigenvalue weighted by Gasteiger charge is -2.31. The van der Waals surface area contributed by atoms with Gasteiger partial charge in [0.05, 0.1) is 5.69 Å². The minimum atomic E-state index is -4.47. The number of aromatic nitrogens is 5. The van der Waals surface area contributed by atoms with E-state index in [1.807, 2.05) is 12.4 Å². The fourth-order valence-corrected chi connectivity index (χ4v) is 4.09. The second-order valence-corrected chi connectivity index (χ2v) is 8.13. The van der Waals surface area contributed by atoms with Gasteiger partial charge in [0.15, 0.2) is 5.65 Å². The number of likely N-dealkylation sites (tertiary alicyclic amines) is 1. The van der Waals surface area contributed by atoms with Gasteiger partial charge in [0, 0.05) is 48.6 Å². The molecule has 4 heterocycles. The molecule has 3 aromatic rings. The maximum atomic E-state index is 13.5. The van der Waals surface area contributed by atoms with Gasteiger partial charge in [-0.1, -0.05) is 13.8 Å². The Kier molecular flexibility index (Phi) is 6.22. The molecule has 1 fully saturated rings. The topological polar surface area (TPSA) is 59.2 Å². The average Bonchev–Trinajstić information content (AvgIpc) is 3.18. The lowest BCUT2D eigenvalue weighted by molar-refractivity contribution is -0.142. The van der Waals surface area contributed by atoms with Crippen LogP contribution < -0.4 is 0 Å². The Hall–Kier alpha value is -2.55.